The summed E-state index contributed by atoms with van der Waals surface area (Å²) in [6, 6.07) is 49.8. The molecule has 32 heteroatoms. The number of amides is 4. The monoisotopic (exact) mass is 1550 g/mol. The molecule has 0 aliphatic heterocycles. The predicted octanol–water partition coefficient (Wildman–Crippen LogP) is 11.2. The van der Waals surface area contributed by atoms with Crippen LogP contribution in [0.2, 0.25) is 0 Å². The number of carbonyl (C=O) groups is 8. The van der Waals surface area contributed by atoms with Crippen LogP contribution < -0.4 is 62.3 Å². The molecule has 0 saturated heterocycles. The first-order valence-corrected chi connectivity index (χ1v) is 35.6. The minimum Gasteiger partial charge on any atom is -0.870 e. The Morgan fingerprint density at radius 2 is 0.817 bits per heavy atom. The normalized spacial score (nSPS) is 10.8. The standard InChI is InChI=1S/C29H30N4O5S.C24H22N4O3S.C22H18N4O3S.C2HF3O.Na.H2O/c1-5-37-23(34)16-19-10-6-7-12-22(19)31-26(35)25-32-24(21-13-14-39-27(21)33-25)20-11-8-9-18(15-20)17-30-28(36)38-29(2,3)4;1-2-31-20(29)13-16-7-3-4-9-19(16)26-23(30)22-27-21(18-10-11-32-24(18)28-22)17-8-5-6-15(12-17)14-25;23-12-13-4-3-6-15(10-13)19-16-8-9-30-22(16)26-20(25-19)21(29)24-17-7-2-1-5-14(17)11-18(27)28;3-2(4,5)1-6;;/h6-15H,5,16-17H2,1-4H3,(H,30,36)(H,31,35);3-12H,2,13-14,25H2,1H3,(H,26,30);1-10H,11-12,23H2,(H,24,29)(H,27,28);1H;;1H2/q;;;;+1;/p-1. The van der Waals surface area contributed by atoms with E-state index in [0.717, 1.165) is 54.4 Å². The third kappa shape index (κ3) is 24.4. The second kappa shape index (κ2) is 40.2. The van der Waals surface area contributed by atoms with Gasteiger partial charge in [0.15, 0.2) is 0 Å². The number of ether oxygens (including phenoxy) is 3. The van der Waals surface area contributed by atoms with Crippen LogP contribution in [0, 0.1) is 0 Å². The van der Waals surface area contributed by atoms with Crippen LogP contribution >= 0.6 is 34.0 Å². The van der Waals surface area contributed by atoms with E-state index in [1.54, 1.807) is 107 Å². The Morgan fingerprint density at radius 3 is 1.14 bits per heavy atom. The van der Waals surface area contributed by atoms with Gasteiger partial charge in [-0.05, 0) is 139 Å². The van der Waals surface area contributed by atoms with Crippen molar-refractivity contribution in [1.29, 1.82) is 0 Å². The Balaban J connectivity index is 0.000000219. The molecule has 0 bridgehead atoms. The number of anilines is 3. The van der Waals surface area contributed by atoms with Crippen molar-refractivity contribution in [3.8, 4) is 33.8 Å². The third-order valence-electron chi connectivity index (χ3n) is 15.0. The molecule has 0 saturated carbocycles. The van der Waals surface area contributed by atoms with E-state index in [4.69, 9.17) is 35.6 Å². The molecule has 6 aromatic carbocycles. The van der Waals surface area contributed by atoms with Gasteiger partial charge in [-0.25, -0.2) is 34.7 Å². The van der Waals surface area contributed by atoms with Crippen molar-refractivity contribution < 1.29 is 106 Å². The topological polar surface area (TPSA) is 392 Å². The summed E-state index contributed by atoms with van der Waals surface area (Å²) >= 11 is 4.27. The maximum absolute atomic E-state index is 13.3. The number of esters is 2. The number of benzene rings is 6. The van der Waals surface area contributed by atoms with Crippen LogP contribution in [0.1, 0.15) is 99.9 Å². The van der Waals surface area contributed by atoms with Crippen molar-refractivity contribution in [1.82, 2.24) is 35.2 Å². The second-order valence-electron chi connectivity index (χ2n) is 24.0. The van der Waals surface area contributed by atoms with Crippen LogP contribution in [-0.4, -0.2) is 113 Å². The average molecular weight is 1550 g/mol. The SMILES string of the molecule is CCOC(=O)Cc1ccccc1NC(=O)c1nc(-c2cccc(CN)c2)c2ccsc2n1.CCOC(=O)Cc1ccccc1NC(=O)c1nc(-c2cccc(CNC(=O)OC(C)(C)C)c2)c2ccsc2n1.NCc1cccc(-c2nc(C(=O)Nc3ccccc3CC(=O)O)nc3sccc23)c1.O=CC(F)(F)F.[Na+].[OH-]. The van der Waals surface area contributed by atoms with Crippen molar-refractivity contribution in [3.05, 3.63) is 231 Å². The minimum absolute atomic E-state index is 0. The fourth-order valence-corrected chi connectivity index (χ4v) is 12.7. The molecule has 0 radical (unpaired) electrons. The molecule has 0 fully saturated rings. The van der Waals surface area contributed by atoms with Crippen LogP contribution in [-0.2, 0) is 72.3 Å². The molecular weight excluding hydrogens is 1480 g/mol. The molecule has 6 heterocycles. The molecule has 558 valence electrons. The molecule has 12 aromatic rings. The fraction of sp³-hybridized carbons (Fsp3) is 0.195. The molecular formula is C77H72F3N12NaO13S3. The van der Waals surface area contributed by atoms with Crippen LogP contribution in [0.15, 0.2) is 180 Å². The van der Waals surface area contributed by atoms with Crippen LogP contribution in [0.5, 0.6) is 0 Å². The third-order valence-corrected chi connectivity index (χ3v) is 17.5. The van der Waals surface area contributed by atoms with Gasteiger partial charge in [0, 0.05) is 69.5 Å². The fourth-order valence-electron chi connectivity index (χ4n) is 10.4. The van der Waals surface area contributed by atoms with E-state index in [-0.39, 0.29) is 96.9 Å². The molecule has 0 atom stereocenters. The number of thiophene rings is 3. The summed E-state index contributed by atoms with van der Waals surface area (Å²) in [4.78, 5) is 124. The van der Waals surface area contributed by atoms with Gasteiger partial charge in [-0.3, -0.25) is 33.6 Å². The summed E-state index contributed by atoms with van der Waals surface area (Å²) < 4.78 is 46.6. The molecule has 109 heavy (non-hydrogen) atoms. The number of carboxylic acids is 1. The van der Waals surface area contributed by atoms with Crippen molar-refractivity contribution in [2.75, 3.05) is 29.2 Å². The number of rotatable bonds is 21. The van der Waals surface area contributed by atoms with Crippen LogP contribution in [0.25, 0.3) is 64.4 Å². The summed E-state index contributed by atoms with van der Waals surface area (Å²) in [5, 5.41) is 28.6. The van der Waals surface area contributed by atoms with E-state index in [0.29, 0.717) is 80.2 Å². The average Bonchev–Trinajstić information content (AvgIpc) is 1.74. The second-order valence-corrected chi connectivity index (χ2v) is 26.7. The molecule has 0 spiro atoms. The molecule has 10 N–H and O–H groups in total. The van der Waals surface area contributed by atoms with Gasteiger partial charge in [-0.15, -0.1) is 34.0 Å². The molecule has 0 aliphatic rings. The number of nitrogens with zero attached hydrogens (tertiary/aromatic N) is 6. The van der Waals surface area contributed by atoms with E-state index in [2.05, 4.69) is 51.2 Å². The van der Waals surface area contributed by atoms with Gasteiger partial charge in [0.1, 0.15) is 20.1 Å². The summed E-state index contributed by atoms with van der Waals surface area (Å²) in [7, 11) is 0. The molecule has 0 unspecified atom stereocenters. The Kier molecular flexibility index (Phi) is 31.4. The molecule has 25 nitrogen and oxygen atoms in total. The van der Waals surface area contributed by atoms with Crippen molar-refractivity contribution in [2.24, 2.45) is 11.5 Å². The zero-order valence-electron chi connectivity index (χ0n) is 59.6. The number of aldehydes is 1. The number of halogens is 3. The summed E-state index contributed by atoms with van der Waals surface area (Å²) in [6.07, 6.45) is -6.31. The summed E-state index contributed by atoms with van der Waals surface area (Å²) in [5.74, 6) is -3.08. The number of alkyl halides is 3. The van der Waals surface area contributed by atoms with Crippen LogP contribution in [0.3, 0.4) is 0 Å². The number of carbonyl (C=O) groups excluding carboxylic acids is 7. The quantitative estimate of drug-likeness (QED) is 0.0152. The largest absolute Gasteiger partial charge is 1.00 e. The first-order valence-electron chi connectivity index (χ1n) is 33.0. The van der Waals surface area contributed by atoms with E-state index >= 15 is 0 Å². The Morgan fingerprint density at radius 1 is 0.486 bits per heavy atom. The first kappa shape index (κ1) is 85.1. The molecule has 4 amide bonds. The molecule has 12 rings (SSSR count). The smallest absolute Gasteiger partial charge is 0.870 e. The number of hydrogen-bond acceptors (Lipinski definition) is 23. The first-order chi connectivity index (χ1) is 51.3. The number of aliphatic carboxylic acids is 1. The van der Waals surface area contributed by atoms with Gasteiger partial charge in [0.05, 0.1) is 49.6 Å². The number of alkyl carbamates (subject to hydrolysis) is 1. The summed E-state index contributed by atoms with van der Waals surface area (Å²) in [6.45, 7) is 10.6. The van der Waals surface area contributed by atoms with Gasteiger partial charge in [-0.1, -0.05) is 109 Å². The Hall–Kier alpha value is -11.1. The van der Waals surface area contributed by atoms with Gasteiger partial charge < -0.3 is 57.5 Å². The number of carboxylic acid groups (broad SMARTS) is 1. The van der Waals surface area contributed by atoms with Gasteiger partial charge in [-0.2, -0.15) is 13.2 Å². The molecule has 0 aliphatic carbocycles. The Labute approximate surface area is 656 Å². The van der Waals surface area contributed by atoms with Crippen molar-refractivity contribution in [2.45, 2.75) is 85.3 Å². The number of aromatic nitrogens is 6. The molecule has 6 aromatic heterocycles. The van der Waals surface area contributed by atoms with E-state index in [1.165, 1.54) is 34.0 Å². The van der Waals surface area contributed by atoms with Gasteiger partial charge in [0.2, 0.25) is 23.8 Å². The number of para-hydroxylation sites is 3. The zero-order valence-corrected chi connectivity index (χ0v) is 64.1. The van der Waals surface area contributed by atoms with Crippen LogP contribution in [0.4, 0.5) is 35.0 Å². The number of nitrogens with two attached hydrogens (primary N) is 2. The number of hydrogen-bond donors (Lipinski definition) is 7. The van der Waals surface area contributed by atoms with Crippen molar-refractivity contribution in [3.63, 3.8) is 0 Å². The van der Waals surface area contributed by atoms with E-state index in [9.17, 15) is 46.7 Å². The predicted molar refractivity (Wildman–Crippen MR) is 407 cm³/mol. The Bertz CT molecular complexity index is 5230. The number of fused-ring (bicyclic) bond motifs is 3. The van der Waals surface area contributed by atoms with Crippen molar-refractivity contribution >= 4 is 130 Å². The number of nitrogens with one attached hydrogen (secondary N) is 4. The maximum atomic E-state index is 13.3. The summed E-state index contributed by atoms with van der Waals surface area (Å²) in [5.41, 5.74) is 21.4. The van der Waals surface area contributed by atoms with Gasteiger partial charge in [0.25, 0.3) is 17.7 Å². The van der Waals surface area contributed by atoms with E-state index < -0.39 is 47.8 Å². The van der Waals surface area contributed by atoms with Gasteiger partial charge >= 0.3 is 59.7 Å². The minimum atomic E-state index is -4.64. The zero-order chi connectivity index (χ0) is 76.8. The maximum Gasteiger partial charge on any atom is 1.00 e. The van der Waals surface area contributed by atoms with E-state index in [1.807, 2.05) is 107 Å².